The average Bonchev–Trinajstić information content (AvgIpc) is 3.45. The number of pyridine rings is 1. The van der Waals surface area contributed by atoms with Crippen LogP contribution in [0.2, 0.25) is 0 Å². The van der Waals surface area contributed by atoms with Crippen LogP contribution in [0.15, 0.2) is 36.5 Å². The molecule has 2 atom stereocenters. The molecule has 2 aromatic rings. The van der Waals surface area contributed by atoms with Crippen LogP contribution in [-0.4, -0.2) is 49.7 Å². The van der Waals surface area contributed by atoms with E-state index < -0.39 is 0 Å². The molecule has 2 saturated heterocycles. The number of hydrogen-bond donors (Lipinski definition) is 1. The van der Waals surface area contributed by atoms with Crippen molar-refractivity contribution in [2.45, 2.75) is 31.7 Å². The summed E-state index contributed by atoms with van der Waals surface area (Å²) in [7, 11) is 0. The summed E-state index contributed by atoms with van der Waals surface area (Å²) in [5.41, 5.74) is 2.20. The summed E-state index contributed by atoms with van der Waals surface area (Å²) in [6.45, 7) is 2.53. The van der Waals surface area contributed by atoms with Gasteiger partial charge in [0.15, 0.2) is 6.29 Å². The van der Waals surface area contributed by atoms with Gasteiger partial charge in [-0.15, -0.1) is 0 Å². The van der Waals surface area contributed by atoms with Crippen LogP contribution >= 0.6 is 0 Å². The Bertz CT molecular complexity index is 1020. The Morgan fingerprint density at radius 3 is 2.66 bits per heavy atom. The quantitative estimate of drug-likeness (QED) is 0.744. The van der Waals surface area contributed by atoms with Crippen LogP contribution in [0, 0.1) is 23.2 Å². The Labute approximate surface area is 186 Å². The molecule has 0 radical (unpaired) electrons. The van der Waals surface area contributed by atoms with Crippen LogP contribution < -0.4 is 10.1 Å². The van der Waals surface area contributed by atoms with E-state index >= 15 is 0 Å². The first-order valence-corrected chi connectivity index (χ1v) is 11.0. The Balaban J connectivity index is 1.26. The highest BCUT2D eigenvalue weighted by Crippen LogP contribution is 2.44. The lowest BCUT2D eigenvalue weighted by Crippen LogP contribution is -2.26. The standard InChI is InChI=1S/C24H25N3O5/c25-14-17-11-15(1-2-21(17)32-18-4-7-29-8-5-18)16-3-6-26-22(12-16)27-23(28)19-13-20(19)24-30-9-10-31-24/h1-3,6,11-12,18-20,24H,4-5,7-10,13H2,(H,26,27,28). The van der Waals surface area contributed by atoms with Gasteiger partial charge in [-0.1, -0.05) is 6.07 Å². The largest absolute Gasteiger partial charge is 0.489 e. The molecule has 8 heteroatoms. The van der Waals surface area contributed by atoms with Crippen LogP contribution in [-0.2, 0) is 19.0 Å². The monoisotopic (exact) mass is 435 g/mol. The van der Waals surface area contributed by atoms with Crippen LogP contribution in [0.3, 0.4) is 0 Å². The van der Waals surface area contributed by atoms with Gasteiger partial charge in [-0.3, -0.25) is 4.79 Å². The van der Waals surface area contributed by atoms with Crippen molar-refractivity contribution in [1.29, 1.82) is 5.26 Å². The Kier molecular flexibility index (Phi) is 6.04. The summed E-state index contributed by atoms with van der Waals surface area (Å²) in [5.74, 6) is 0.989. The van der Waals surface area contributed by atoms with Crippen molar-refractivity contribution in [1.82, 2.24) is 4.98 Å². The molecule has 1 saturated carbocycles. The first-order valence-electron chi connectivity index (χ1n) is 11.0. The van der Waals surface area contributed by atoms with Crippen molar-refractivity contribution in [3.8, 4) is 22.9 Å². The number of ether oxygens (including phenoxy) is 4. The van der Waals surface area contributed by atoms with Crippen LogP contribution in [0.1, 0.15) is 24.8 Å². The highest BCUT2D eigenvalue weighted by molar-refractivity contribution is 5.94. The number of nitrogens with zero attached hydrogens (tertiary/aromatic N) is 2. The highest BCUT2D eigenvalue weighted by Gasteiger charge is 2.50. The number of anilines is 1. The van der Waals surface area contributed by atoms with Crippen molar-refractivity contribution >= 4 is 11.7 Å². The molecule has 2 aliphatic heterocycles. The number of nitriles is 1. The fourth-order valence-corrected chi connectivity index (χ4v) is 4.21. The van der Waals surface area contributed by atoms with E-state index in [1.54, 1.807) is 12.3 Å². The van der Waals surface area contributed by atoms with Crippen LogP contribution in [0.25, 0.3) is 11.1 Å². The normalized spacial score (nSPS) is 23.5. The molecule has 3 heterocycles. The molecule has 5 rings (SSSR count). The molecule has 1 amide bonds. The van der Waals surface area contributed by atoms with Gasteiger partial charge in [-0.05, 0) is 41.8 Å². The lowest BCUT2D eigenvalue weighted by Gasteiger charge is -2.23. The Morgan fingerprint density at radius 1 is 1.09 bits per heavy atom. The minimum absolute atomic E-state index is 0.0655. The van der Waals surface area contributed by atoms with Crippen molar-refractivity contribution in [2.75, 3.05) is 31.7 Å². The number of nitrogens with one attached hydrogen (secondary N) is 1. The molecule has 1 aromatic heterocycles. The smallest absolute Gasteiger partial charge is 0.229 e. The first kappa shape index (κ1) is 20.9. The minimum atomic E-state index is -0.267. The van der Waals surface area contributed by atoms with Gasteiger partial charge >= 0.3 is 0 Å². The fraction of sp³-hybridized carbons (Fsp3) is 0.458. The van der Waals surface area contributed by atoms with E-state index in [0.717, 1.165) is 30.4 Å². The maximum atomic E-state index is 12.6. The zero-order valence-electron chi connectivity index (χ0n) is 17.7. The molecule has 0 spiro atoms. The van der Waals surface area contributed by atoms with E-state index in [4.69, 9.17) is 18.9 Å². The number of rotatable bonds is 6. The lowest BCUT2D eigenvalue weighted by molar-refractivity contribution is -0.119. The summed E-state index contributed by atoms with van der Waals surface area (Å²) in [6, 6.07) is 11.5. The summed E-state index contributed by atoms with van der Waals surface area (Å²) in [6.07, 6.45) is 3.85. The average molecular weight is 435 g/mol. The molecule has 3 aliphatic rings. The lowest BCUT2D eigenvalue weighted by atomic mass is 10.0. The van der Waals surface area contributed by atoms with Crippen LogP contribution in [0.4, 0.5) is 5.82 Å². The van der Waals surface area contributed by atoms with E-state index in [1.165, 1.54) is 0 Å². The molecular formula is C24H25N3O5. The van der Waals surface area contributed by atoms with E-state index in [0.29, 0.717) is 43.6 Å². The van der Waals surface area contributed by atoms with Crippen molar-refractivity contribution in [2.24, 2.45) is 11.8 Å². The molecule has 3 fully saturated rings. The highest BCUT2D eigenvalue weighted by atomic mass is 16.7. The van der Waals surface area contributed by atoms with E-state index in [-0.39, 0.29) is 30.1 Å². The number of benzene rings is 1. The van der Waals surface area contributed by atoms with Gasteiger partial charge in [0.25, 0.3) is 0 Å². The molecule has 8 nitrogen and oxygen atoms in total. The molecule has 166 valence electrons. The number of amides is 1. The maximum Gasteiger partial charge on any atom is 0.229 e. The zero-order valence-corrected chi connectivity index (χ0v) is 17.7. The van der Waals surface area contributed by atoms with E-state index in [9.17, 15) is 10.1 Å². The molecular weight excluding hydrogens is 410 g/mol. The van der Waals surface area contributed by atoms with Gasteiger partial charge in [-0.2, -0.15) is 5.26 Å². The van der Waals surface area contributed by atoms with Gasteiger partial charge < -0.3 is 24.3 Å². The van der Waals surface area contributed by atoms with E-state index in [1.807, 2.05) is 24.3 Å². The fourth-order valence-electron chi connectivity index (χ4n) is 4.21. The molecule has 0 bridgehead atoms. The zero-order chi connectivity index (χ0) is 21.9. The molecule has 2 unspecified atom stereocenters. The minimum Gasteiger partial charge on any atom is -0.489 e. The third-order valence-corrected chi connectivity index (χ3v) is 6.08. The third kappa shape index (κ3) is 4.60. The SMILES string of the molecule is N#Cc1cc(-c2ccnc(NC(=O)C3CC3C3OCCO3)c2)ccc1OC1CCOCC1. The van der Waals surface area contributed by atoms with Crippen molar-refractivity contribution in [3.05, 3.63) is 42.1 Å². The summed E-state index contributed by atoms with van der Waals surface area (Å²) >= 11 is 0. The molecule has 1 N–H and O–H groups in total. The number of carbonyl (C=O) groups is 1. The van der Waals surface area contributed by atoms with E-state index in [2.05, 4.69) is 16.4 Å². The second kappa shape index (κ2) is 9.25. The van der Waals surface area contributed by atoms with Gasteiger partial charge in [0.2, 0.25) is 5.91 Å². The first-order chi connectivity index (χ1) is 15.7. The van der Waals surface area contributed by atoms with Crippen molar-refractivity contribution < 1.29 is 23.7 Å². The Morgan fingerprint density at radius 2 is 1.88 bits per heavy atom. The van der Waals surface area contributed by atoms with Gasteiger partial charge in [0, 0.05) is 30.9 Å². The maximum absolute atomic E-state index is 12.6. The number of aromatic nitrogens is 1. The van der Waals surface area contributed by atoms with Crippen molar-refractivity contribution in [3.63, 3.8) is 0 Å². The predicted molar refractivity (Wildman–Crippen MR) is 115 cm³/mol. The van der Waals surface area contributed by atoms with Gasteiger partial charge in [-0.25, -0.2) is 4.98 Å². The Hall–Kier alpha value is -2.99. The summed E-state index contributed by atoms with van der Waals surface area (Å²) in [5, 5.41) is 12.5. The summed E-state index contributed by atoms with van der Waals surface area (Å²) in [4.78, 5) is 16.9. The summed E-state index contributed by atoms with van der Waals surface area (Å²) < 4.78 is 22.4. The predicted octanol–water partition coefficient (Wildman–Crippen LogP) is 3.13. The topological polar surface area (TPSA) is 103 Å². The van der Waals surface area contributed by atoms with Gasteiger partial charge in [0.1, 0.15) is 23.7 Å². The third-order valence-electron chi connectivity index (χ3n) is 6.08. The number of hydrogen-bond acceptors (Lipinski definition) is 7. The van der Waals surface area contributed by atoms with Gasteiger partial charge in [0.05, 0.1) is 32.0 Å². The molecule has 32 heavy (non-hydrogen) atoms. The second-order valence-corrected chi connectivity index (χ2v) is 8.29. The molecule has 1 aliphatic carbocycles. The van der Waals surface area contributed by atoms with Crippen LogP contribution in [0.5, 0.6) is 5.75 Å². The molecule has 1 aromatic carbocycles. The number of carbonyl (C=O) groups excluding carboxylic acids is 1. The second-order valence-electron chi connectivity index (χ2n) is 8.29.